The third-order valence-electron chi connectivity index (χ3n) is 5.02. The molecular weight excluding hydrogens is 428 g/mol. The lowest BCUT2D eigenvalue weighted by Crippen LogP contribution is -2.42. The molecule has 2 amide bonds. The van der Waals surface area contributed by atoms with Crippen LogP contribution in [0.2, 0.25) is 0 Å². The number of aromatic nitrogens is 2. The zero-order chi connectivity index (χ0) is 24.2. The molecule has 1 aliphatic heterocycles. The molecule has 0 aliphatic carbocycles. The number of ketones is 1. The van der Waals surface area contributed by atoms with Crippen LogP contribution in [-0.4, -0.2) is 53.0 Å². The molecule has 0 radical (unpaired) electrons. The number of methoxy groups -OCH3 is 1. The summed E-state index contributed by atoms with van der Waals surface area (Å²) in [5.74, 6) is -0.647. The lowest BCUT2D eigenvalue weighted by molar-refractivity contribution is -0.140. The number of anilines is 1. The molecule has 33 heavy (non-hydrogen) atoms. The Kier molecular flexibility index (Phi) is 7.15. The fourth-order valence-electron chi connectivity index (χ4n) is 3.56. The minimum Gasteiger partial charge on any atom is -0.469 e. The molecular formula is C23H28N4O6. The number of hydrogen-bond donors (Lipinski definition) is 2. The summed E-state index contributed by atoms with van der Waals surface area (Å²) in [5.41, 5.74) is 1.24. The van der Waals surface area contributed by atoms with E-state index < -0.39 is 23.7 Å². The molecule has 10 nitrogen and oxygen atoms in total. The van der Waals surface area contributed by atoms with Crippen LogP contribution in [0.3, 0.4) is 0 Å². The van der Waals surface area contributed by atoms with E-state index in [0.717, 1.165) is 5.56 Å². The minimum absolute atomic E-state index is 0.0122. The van der Waals surface area contributed by atoms with Crippen molar-refractivity contribution < 1.29 is 28.7 Å². The van der Waals surface area contributed by atoms with Crippen LogP contribution < -0.4 is 10.2 Å². The predicted molar refractivity (Wildman–Crippen MR) is 119 cm³/mol. The van der Waals surface area contributed by atoms with Gasteiger partial charge in [0.2, 0.25) is 5.91 Å². The van der Waals surface area contributed by atoms with E-state index in [1.54, 1.807) is 25.7 Å². The number of nitrogens with one attached hydrogen (secondary N) is 2. The number of esters is 1. The van der Waals surface area contributed by atoms with Gasteiger partial charge in [0.25, 0.3) is 0 Å². The molecule has 0 fully saturated rings. The highest BCUT2D eigenvalue weighted by molar-refractivity contribution is 5.99. The van der Waals surface area contributed by atoms with Crippen molar-refractivity contribution in [3.8, 4) is 0 Å². The molecule has 0 spiro atoms. The number of aromatic amines is 1. The predicted octanol–water partition coefficient (Wildman–Crippen LogP) is 2.70. The van der Waals surface area contributed by atoms with Crippen LogP contribution in [0.1, 0.15) is 61.5 Å². The maximum Gasteiger partial charge on any atom is 0.408 e. The van der Waals surface area contributed by atoms with Crippen LogP contribution in [0.5, 0.6) is 0 Å². The third kappa shape index (κ3) is 5.97. The fourth-order valence-corrected chi connectivity index (χ4v) is 3.56. The van der Waals surface area contributed by atoms with Crippen LogP contribution in [0.25, 0.3) is 0 Å². The van der Waals surface area contributed by atoms with Gasteiger partial charge in [0, 0.05) is 18.5 Å². The van der Waals surface area contributed by atoms with Crippen LogP contribution >= 0.6 is 0 Å². The number of rotatable bonds is 7. The number of fused-ring (bicyclic) bond motifs is 1. The fraction of sp³-hybridized carbons (Fsp3) is 0.435. The van der Waals surface area contributed by atoms with Crippen molar-refractivity contribution in [2.24, 2.45) is 0 Å². The van der Waals surface area contributed by atoms with Crippen molar-refractivity contribution in [3.63, 3.8) is 0 Å². The number of H-pyrrole nitrogens is 1. The van der Waals surface area contributed by atoms with E-state index in [2.05, 4.69) is 20.0 Å². The lowest BCUT2D eigenvalue weighted by Gasteiger charge is -2.25. The molecule has 1 atom stereocenters. The van der Waals surface area contributed by atoms with E-state index in [1.807, 2.05) is 24.3 Å². The SMILES string of the molecule is COC(=O)CCC(=O)c1cnc(C2Cc3ccccc3N2C(=O)CNC(=O)OC(C)(C)C)[nH]1. The van der Waals surface area contributed by atoms with Crippen molar-refractivity contribution in [2.75, 3.05) is 18.6 Å². The number of carbonyl (C=O) groups is 4. The van der Waals surface area contributed by atoms with Gasteiger partial charge >= 0.3 is 12.1 Å². The molecule has 3 rings (SSSR count). The first-order valence-corrected chi connectivity index (χ1v) is 10.6. The topological polar surface area (TPSA) is 131 Å². The summed E-state index contributed by atoms with van der Waals surface area (Å²) in [6.45, 7) is 4.96. The standard InChI is InChI=1S/C23H28N4O6/c1-23(2,3)33-22(31)25-13-19(29)27-16-8-6-5-7-14(16)11-17(27)21-24-12-15(26-21)18(28)9-10-20(30)32-4/h5-8,12,17H,9-11,13H2,1-4H3,(H,24,26)(H,25,31). The van der Waals surface area contributed by atoms with Gasteiger partial charge in [-0.1, -0.05) is 18.2 Å². The van der Waals surface area contributed by atoms with Gasteiger partial charge in [0.15, 0.2) is 5.78 Å². The number of imidazole rings is 1. The highest BCUT2D eigenvalue weighted by Crippen LogP contribution is 2.39. The Bertz CT molecular complexity index is 1060. The monoisotopic (exact) mass is 456 g/mol. The van der Waals surface area contributed by atoms with Gasteiger partial charge < -0.3 is 19.8 Å². The summed E-state index contributed by atoms with van der Waals surface area (Å²) in [4.78, 5) is 57.7. The van der Waals surface area contributed by atoms with E-state index in [0.29, 0.717) is 17.9 Å². The molecule has 0 saturated heterocycles. The molecule has 10 heteroatoms. The Morgan fingerprint density at radius 1 is 1.18 bits per heavy atom. The van der Waals surface area contributed by atoms with E-state index in [9.17, 15) is 19.2 Å². The van der Waals surface area contributed by atoms with E-state index in [-0.39, 0.29) is 36.8 Å². The van der Waals surface area contributed by atoms with Crippen LogP contribution in [0.4, 0.5) is 10.5 Å². The summed E-state index contributed by atoms with van der Waals surface area (Å²) in [5, 5.41) is 2.49. The van der Waals surface area contributed by atoms with Gasteiger partial charge in [0.05, 0.1) is 25.8 Å². The average Bonchev–Trinajstić information content (AvgIpc) is 3.39. The second-order valence-electron chi connectivity index (χ2n) is 8.65. The quantitative estimate of drug-likeness (QED) is 0.484. The molecule has 2 N–H and O–H groups in total. The molecule has 1 unspecified atom stereocenters. The first-order chi connectivity index (χ1) is 15.6. The van der Waals surface area contributed by atoms with Crippen molar-refractivity contribution in [1.29, 1.82) is 0 Å². The first-order valence-electron chi connectivity index (χ1n) is 10.6. The number of amides is 2. The maximum atomic E-state index is 13.1. The van der Waals surface area contributed by atoms with Crippen molar-refractivity contribution in [2.45, 2.75) is 51.7 Å². The van der Waals surface area contributed by atoms with Gasteiger partial charge in [0.1, 0.15) is 23.7 Å². The normalized spacial score (nSPS) is 15.0. The van der Waals surface area contributed by atoms with Crippen molar-refractivity contribution in [1.82, 2.24) is 15.3 Å². The minimum atomic E-state index is -0.684. The number of carbonyl (C=O) groups excluding carboxylic acids is 4. The molecule has 1 aromatic carbocycles. The Morgan fingerprint density at radius 3 is 2.61 bits per heavy atom. The number of benzene rings is 1. The van der Waals surface area contributed by atoms with Crippen molar-refractivity contribution >= 4 is 29.4 Å². The second kappa shape index (κ2) is 9.85. The molecule has 0 bridgehead atoms. The molecule has 1 aromatic heterocycles. The number of ether oxygens (including phenoxy) is 2. The van der Waals surface area contributed by atoms with Gasteiger partial charge in [-0.2, -0.15) is 0 Å². The first kappa shape index (κ1) is 24.0. The maximum absolute atomic E-state index is 13.1. The average molecular weight is 456 g/mol. The van der Waals surface area contributed by atoms with Crippen molar-refractivity contribution in [3.05, 3.63) is 47.5 Å². The Balaban J connectivity index is 1.75. The molecule has 176 valence electrons. The number of para-hydroxylation sites is 1. The summed E-state index contributed by atoms with van der Waals surface area (Å²) in [6, 6.07) is 6.98. The number of nitrogens with zero attached hydrogens (tertiary/aromatic N) is 2. The highest BCUT2D eigenvalue weighted by Gasteiger charge is 2.36. The summed E-state index contributed by atoms with van der Waals surface area (Å²) >= 11 is 0. The molecule has 0 saturated carbocycles. The van der Waals surface area contributed by atoms with Gasteiger partial charge in [-0.3, -0.25) is 19.3 Å². The summed E-state index contributed by atoms with van der Waals surface area (Å²) in [7, 11) is 1.27. The van der Waals surface area contributed by atoms with Gasteiger partial charge in [-0.05, 0) is 32.4 Å². The van der Waals surface area contributed by atoms with E-state index in [1.165, 1.54) is 13.3 Å². The Morgan fingerprint density at radius 2 is 1.91 bits per heavy atom. The number of hydrogen-bond acceptors (Lipinski definition) is 7. The van der Waals surface area contributed by atoms with Gasteiger partial charge in [-0.15, -0.1) is 0 Å². The zero-order valence-corrected chi connectivity index (χ0v) is 19.1. The molecule has 2 heterocycles. The second-order valence-corrected chi connectivity index (χ2v) is 8.65. The summed E-state index contributed by atoms with van der Waals surface area (Å²) < 4.78 is 9.77. The number of alkyl carbamates (subject to hydrolysis) is 1. The lowest BCUT2D eigenvalue weighted by atomic mass is 10.1. The smallest absolute Gasteiger partial charge is 0.408 e. The molecule has 2 aromatic rings. The largest absolute Gasteiger partial charge is 0.469 e. The van der Waals surface area contributed by atoms with Gasteiger partial charge in [-0.25, -0.2) is 9.78 Å². The van der Waals surface area contributed by atoms with Crippen LogP contribution in [0.15, 0.2) is 30.5 Å². The van der Waals surface area contributed by atoms with E-state index >= 15 is 0 Å². The van der Waals surface area contributed by atoms with Crippen LogP contribution in [0, 0.1) is 0 Å². The van der Waals surface area contributed by atoms with Crippen LogP contribution in [-0.2, 0) is 25.5 Å². The highest BCUT2D eigenvalue weighted by atomic mass is 16.6. The number of Topliss-reactive ketones (excluding diaryl/α,β-unsaturated/α-hetero) is 1. The zero-order valence-electron chi connectivity index (χ0n) is 19.1. The molecule has 1 aliphatic rings. The Hall–Kier alpha value is -3.69. The Labute approximate surface area is 191 Å². The summed E-state index contributed by atoms with van der Waals surface area (Å²) in [6.07, 6.45) is 1.18. The van der Waals surface area contributed by atoms with E-state index in [4.69, 9.17) is 4.74 Å². The third-order valence-corrected chi connectivity index (χ3v) is 5.02.